The molecule has 5 nitrogen and oxygen atoms in total. The number of hydrogen-bond donors (Lipinski definition) is 1. The van der Waals surface area contributed by atoms with Crippen LogP contribution < -0.4 is 5.32 Å². The lowest BCUT2D eigenvalue weighted by atomic mass is 9.99. The summed E-state index contributed by atoms with van der Waals surface area (Å²) in [6.07, 6.45) is 0.938. The number of ether oxygens (including phenoxy) is 1. The minimum absolute atomic E-state index is 0.224. The fourth-order valence-electron chi connectivity index (χ4n) is 4.55. The Balaban J connectivity index is 1.79. The minimum atomic E-state index is -0.433. The molecule has 4 aromatic rings. The highest BCUT2D eigenvalue weighted by Crippen LogP contribution is 2.38. The first kappa shape index (κ1) is 24.7. The monoisotopic (exact) mass is 488 g/mol. The smallest absolute Gasteiger partial charge is 0.341 e. The molecular weight excluding hydrogens is 456 g/mol. The predicted octanol–water partition coefficient (Wildman–Crippen LogP) is 7.31. The predicted molar refractivity (Wildman–Crippen MR) is 145 cm³/mol. The summed E-state index contributed by atoms with van der Waals surface area (Å²) in [5.41, 5.74) is 8.27. The molecule has 1 N–H and O–H groups in total. The maximum absolute atomic E-state index is 13.6. The number of rotatable bonds is 7. The fraction of sp³-hybridized carbons (Fsp3) is 0.310. The molecule has 0 radical (unpaired) electrons. The number of nitrogens with zero attached hydrogens (tertiary/aromatic N) is 1. The van der Waals surface area contributed by atoms with Crippen molar-refractivity contribution in [3.8, 4) is 11.1 Å². The Labute approximate surface area is 210 Å². The number of nitrogens with one attached hydrogen (secondary N) is 1. The first-order valence-corrected chi connectivity index (χ1v) is 13.0. The van der Waals surface area contributed by atoms with Crippen LogP contribution in [0.15, 0.2) is 41.8 Å². The van der Waals surface area contributed by atoms with Crippen molar-refractivity contribution in [3.05, 3.63) is 75.3 Å². The number of anilines is 1. The van der Waals surface area contributed by atoms with Crippen LogP contribution >= 0.6 is 11.3 Å². The van der Waals surface area contributed by atoms with Gasteiger partial charge in [0.05, 0.1) is 6.61 Å². The summed E-state index contributed by atoms with van der Waals surface area (Å²) in [6.45, 7) is 13.0. The van der Waals surface area contributed by atoms with Gasteiger partial charge in [0.1, 0.15) is 16.3 Å². The number of fused-ring (bicyclic) bond motifs is 1. The Kier molecular flexibility index (Phi) is 7.13. The molecule has 182 valence electrons. The molecule has 0 aliphatic heterocycles. The number of carbonyl (C=O) groups excluding carboxylic acids is 2. The first-order valence-electron chi connectivity index (χ1n) is 12.1. The topological polar surface area (TPSA) is 60.3 Å². The Morgan fingerprint density at radius 1 is 1.00 bits per heavy atom. The van der Waals surface area contributed by atoms with Crippen LogP contribution in [-0.4, -0.2) is 23.1 Å². The van der Waals surface area contributed by atoms with Crippen LogP contribution in [0.4, 0.5) is 5.00 Å². The van der Waals surface area contributed by atoms with E-state index in [1.54, 1.807) is 6.92 Å². The average Bonchev–Trinajstić information content (AvgIpc) is 3.39. The molecule has 4 rings (SSSR count). The molecule has 0 atom stereocenters. The van der Waals surface area contributed by atoms with Gasteiger partial charge in [0.2, 0.25) is 0 Å². The van der Waals surface area contributed by atoms with Crippen molar-refractivity contribution in [2.24, 2.45) is 0 Å². The number of aryl methyl sites for hydroxylation is 5. The van der Waals surface area contributed by atoms with Gasteiger partial charge in [-0.05, 0) is 81.0 Å². The zero-order valence-electron chi connectivity index (χ0n) is 21.2. The third kappa shape index (κ3) is 4.50. The van der Waals surface area contributed by atoms with E-state index in [1.165, 1.54) is 22.5 Å². The van der Waals surface area contributed by atoms with Crippen LogP contribution in [0.25, 0.3) is 22.0 Å². The molecule has 35 heavy (non-hydrogen) atoms. The highest BCUT2D eigenvalue weighted by atomic mass is 32.1. The maximum atomic E-state index is 13.6. The van der Waals surface area contributed by atoms with Gasteiger partial charge < -0.3 is 14.6 Å². The molecule has 6 heteroatoms. The van der Waals surface area contributed by atoms with Gasteiger partial charge in [-0.25, -0.2) is 4.79 Å². The number of esters is 1. The molecule has 2 heterocycles. The third-order valence-electron chi connectivity index (χ3n) is 6.64. The number of thiophene rings is 1. The van der Waals surface area contributed by atoms with E-state index in [4.69, 9.17) is 4.74 Å². The Morgan fingerprint density at radius 3 is 2.43 bits per heavy atom. The normalized spacial score (nSPS) is 11.1. The van der Waals surface area contributed by atoms with Crippen molar-refractivity contribution in [2.45, 2.75) is 54.5 Å². The number of amides is 1. The highest BCUT2D eigenvalue weighted by molar-refractivity contribution is 7.15. The molecule has 0 aliphatic carbocycles. The molecule has 0 fully saturated rings. The van der Waals surface area contributed by atoms with E-state index < -0.39 is 5.97 Å². The molecule has 2 aromatic carbocycles. The summed E-state index contributed by atoms with van der Waals surface area (Å²) in [6, 6.07) is 12.5. The molecule has 2 aromatic heterocycles. The van der Waals surface area contributed by atoms with Crippen LogP contribution in [0.1, 0.15) is 63.9 Å². The lowest BCUT2D eigenvalue weighted by Gasteiger charge is -2.12. The van der Waals surface area contributed by atoms with Gasteiger partial charge in [-0.1, -0.05) is 31.2 Å². The van der Waals surface area contributed by atoms with Crippen molar-refractivity contribution in [1.29, 1.82) is 0 Å². The second-order valence-corrected chi connectivity index (χ2v) is 9.63. The number of carbonyl (C=O) groups is 2. The van der Waals surface area contributed by atoms with Gasteiger partial charge in [0.15, 0.2) is 0 Å². The molecule has 0 unspecified atom stereocenters. The number of hydrogen-bond acceptors (Lipinski definition) is 4. The van der Waals surface area contributed by atoms with Gasteiger partial charge in [-0.15, -0.1) is 11.3 Å². The summed E-state index contributed by atoms with van der Waals surface area (Å²) in [4.78, 5) is 26.7. The highest BCUT2D eigenvalue weighted by Gasteiger charge is 2.26. The lowest BCUT2D eigenvalue weighted by molar-refractivity contribution is 0.0529. The lowest BCUT2D eigenvalue weighted by Crippen LogP contribution is -2.19. The molecule has 0 bridgehead atoms. The molecular formula is C29H32N2O3S. The van der Waals surface area contributed by atoms with Crippen LogP contribution in [0, 0.1) is 20.8 Å². The zero-order valence-corrected chi connectivity index (χ0v) is 22.1. The van der Waals surface area contributed by atoms with Crippen molar-refractivity contribution < 1.29 is 14.3 Å². The van der Waals surface area contributed by atoms with Gasteiger partial charge in [0.25, 0.3) is 5.91 Å². The van der Waals surface area contributed by atoms with Crippen LogP contribution in [-0.2, 0) is 17.7 Å². The summed E-state index contributed by atoms with van der Waals surface area (Å²) in [5.74, 6) is -0.657. The van der Waals surface area contributed by atoms with E-state index in [0.29, 0.717) is 22.8 Å². The summed E-state index contributed by atoms with van der Waals surface area (Å²) < 4.78 is 7.43. The summed E-state index contributed by atoms with van der Waals surface area (Å²) >= 11 is 1.35. The van der Waals surface area contributed by atoms with Crippen molar-refractivity contribution in [3.63, 3.8) is 0 Å². The molecule has 0 aliphatic rings. The van der Waals surface area contributed by atoms with Crippen LogP contribution in [0.3, 0.4) is 0 Å². The van der Waals surface area contributed by atoms with Crippen molar-refractivity contribution in [1.82, 2.24) is 4.57 Å². The van der Waals surface area contributed by atoms with E-state index in [-0.39, 0.29) is 12.5 Å². The van der Waals surface area contributed by atoms with Gasteiger partial charge in [-0.2, -0.15) is 0 Å². The van der Waals surface area contributed by atoms with Gasteiger partial charge in [-0.3, -0.25) is 4.79 Å². The standard InChI is InChI=1S/C29H32N2O3S/c1-7-20-11-13-24-22(15-20)19(6)26(31(24)8-2)27(32)30-28-25(29(33)34-9-3)23(16-35-28)21-12-10-17(4)18(5)14-21/h10-16H,7-9H2,1-6H3,(H,30,32). The zero-order chi connectivity index (χ0) is 25.3. The summed E-state index contributed by atoms with van der Waals surface area (Å²) in [7, 11) is 0. The van der Waals surface area contributed by atoms with E-state index in [9.17, 15) is 9.59 Å². The van der Waals surface area contributed by atoms with E-state index in [1.807, 2.05) is 42.9 Å². The molecule has 0 saturated carbocycles. The van der Waals surface area contributed by atoms with Crippen LogP contribution in [0.2, 0.25) is 0 Å². The van der Waals surface area contributed by atoms with Crippen molar-refractivity contribution >= 4 is 39.1 Å². The van der Waals surface area contributed by atoms with Gasteiger partial charge >= 0.3 is 5.97 Å². The molecule has 0 saturated heterocycles. The van der Waals surface area contributed by atoms with E-state index in [2.05, 4.69) is 43.4 Å². The van der Waals surface area contributed by atoms with Gasteiger partial charge in [0, 0.05) is 28.4 Å². The largest absolute Gasteiger partial charge is 0.462 e. The number of aromatic nitrogens is 1. The Hall–Kier alpha value is -3.38. The van der Waals surface area contributed by atoms with E-state index >= 15 is 0 Å². The minimum Gasteiger partial charge on any atom is -0.462 e. The first-order chi connectivity index (χ1) is 16.8. The third-order valence-corrected chi connectivity index (χ3v) is 7.53. The SMILES string of the molecule is CCOC(=O)c1c(-c2ccc(C)c(C)c2)csc1NC(=O)c1c(C)c2cc(CC)ccc2n1CC. The second-order valence-electron chi connectivity index (χ2n) is 8.75. The second kappa shape index (κ2) is 10.1. The molecule has 0 spiro atoms. The Bertz CT molecular complexity index is 1430. The average molecular weight is 489 g/mol. The summed E-state index contributed by atoms with van der Waals surface area (Å²) in [5, 5.41) is 6.55. The molecule has 1 amide bonds. The Morgan fingerprint density at radius 2 is 1.77 bits per heavy atom. The van der Waals surface area contributed by atoms with Crippen LogP contribution in [0.5, 0.6) is 0 Å². The maximum Gasteiger partial charge on any atom is 0.341 e. The van der Waals surface area contributed by atoms with E-state index in [0.717, 1.165) is 39.6 Å². The van der Waals surface area contributed by atoms with Crippen molar-refractivity contribution in [2.75, 3.05) is 11.9 Å². The fourth-order valence-corrected chi connectivity index (χ4v) is 5.50. The number of benzene rings is 2. The quantitative estimate of drug-likeness (QED) is 0.278.